The minimum absolute atomic E-state index is 0.0356. The number of rotatable bonds is 3. The molecule has 6 nitrogen and oxygen atoms in total. The molecule has 2 rings (SSSR count). The first-order chi connectivity index (χ1) is 9.72. The molecular formula is C12H11F2N3O3S. The standard InChI is InChI=1S/C12H11F2N3O3S/c1-7-5-9(14)11(6-8(7)13)21(19,20)16-12(18)10-3-4-15-17(10)2/h3-6H,1-2H3,(H,16,18). The van der Waals surface area contributed by atoms with Crippen molar-refractivity contribution in [3.8, 4) is 0 Å². The maximum Gasteiger partial charge on any atom is 0.283 e. The van der Waals surface area contributed by atoms with Gasteiger partial charge in [0.25, 0.3) is 15.9 Å². The van der Waals surface area contributed by atoms with Gasteiger partial charge in [-0.3, -0.25) is 9.48 Å². The molecule has 0 unspecified atom stereocenters. The van der Waals surface area contributed by atoms with Crippen molar-refractivity contribution in [2.45, 2.75) is 11.8 Å². The summed E-state index contributed by atoms with van der Waals surface area (Å²) < 4.78 is 53.8. The molecule has 9 heteroatoms. The summed E-state index contributed by atoms with van der Waals surface area (Å²) in [6, 6.07) is 2.57. The van der Waals surface area contributed by atoms with Crippen LogP contribution in [0.2, 0.25) is 0 Å². The lowest BCUT2D eigenvalue weighted by atomic mass is 10.2. The molecule has 0 aliphatic heterocycles. The number of nitrogens with zero attached hydrogens (tertiary/aromatic N) is 2. The van der Waals surface area contributed by atoms with E-state index in [9.17, 15) is 22.0 Å². The molecule has 1 amide bonds. The molecule has 0 radical (unpaired) electrons. The molecule has 0 atom stereocenters. The molecule has 0 spiro atoms. The van der Waals surface area contributed by atoms with Crippen LogP contribution in [0.3, 0.4) is 0 Å². The third-order valence-corrected chi connectivity index (χ3v) is 4.13. The summed E-state index contributed by atoms with van der Waals surface area (Å²) in [7, 11) is -3.09. The Kier molecular flexibility index (Phi) is 3.77. The first-order valence-corrected chi connectivity index (χ1v) is 7.21. The lowest BCUT2D eigenvalue weighted by Gasteiger charge is -2.09. The molecule has 21 heavy (non-hydrogen) atoms. The van der Waals surface area contributed by atoms with Crippen LogP contribution in [0.25, 0.3) is 0 Å². The third kappa shape index (κ3) is 2.92. The van der Waals surface area contributed by atoms with Crippen molar-refractivity contribution in [2.24, 2.45) is 7.05 Å². The van der Waals surface area contributed by atoms with Crippen molar-refractivity contribution in [1.29, 1.82) is 0 Å². The van der Waals surface area contributed by atoms with E-state index in [1.165, 1.54) is 26.2 Å². The van der Waals surface area contributed by atoms with E-state index >= 15 is 0 Å². The zero-order chi connectivity index (χ0) is 15.8. The van der Waals surface area contributed by atoms with Crippen molar-refractivity contribution in [2.75, 3.05) is 0 Å². The van der Waals surface area contributed by atoms with Crippen LogP contribution in [0.4, 0.5) is 8.78 Å². The summed E-state index contributed by atoms with van der Waals surface area (Å²) in [4.78, 5) is 10.9. The van der Waals surface area contributed by atoms with E-state index in [1.54, 1.807) is 4.72 Å². The smallest absolute Gasteiger partial charge is 0.266 e. The van der Waals surface area contributed by atoms with Gasteiger partial charge in [0.2, 0.25) is 0 Å². The van der Waals surface area contributed by atoms with Crippen LogP contribution in [0.5, 0.6) is 0 Å². The fourth-order valence-electron chi connectivity index (χ4n) is 1.66. The monoisotopic (exact) mass is 315 g/mol. The Balaban J connectivity index is 2.38. The van der Waals surface area contributed by atoms with Crippen LogP contribution in [0.1, 0.15) is 16.1 Å². The molecule has 1 N–H and O–H groups in total. The van der Waals surface area contributed by atoms with Crippen LogP contribution in [0.15, 0.2) is 29.3 Å². The van der Waals surface area contributed by atoms with Crippen molar-refractivity contribution in [3.05, 3.63) is 47.3 Å². The van der Waals surface area contributed by atoms with E-state index in [2.05, 4.69) is 5.10 Å². The molecule has 0 aliphatic rings. The molecule has 0 bridgehead atoms. The SMILES string of the molecule is Cc1cc(F)c(S(=O)(=O)NC(=O)c2ccnn2C)cc1F. The maximum atomic E-state index is 13.7. The van der Waals surface area contributed by atoms with E-state index in [4.69, 9.17) is 0 Å². The fraction of sp³-hybridized carbons (Fsp3) is 0.167. The normalized spacial score (nSPS) is 11.4. The maximum absolute atomic E-state index is 13.7. The largest absolute Gasteiger partial charge is 0.283 e. The topological polar surface area (TPSA) is 81.1 Å². The third-order valence-electron chi connectivity index (χ3n) is 2.78. The number of carbonyl (C=O) groups is 1. The van der Waals surface area contributed by atoms with Gasteiger partial charge in [0.1, 0.15) is 22.2 Å². The first kappa shape index (κ1) is 15.1. The molecule has 1 aromatic heterocycles. The van der Waals surface area contributed by atoms with Gasteiger partial charge >= 0.3 is 0 Å². The number of hydrogen-bond donors (Lipinski definition) is 1. The summed E-state index contributed by atoms with van der Waals surface area (Å²) >= 11 is 0. The van der Waals surface area contributed by atoms with Crippen molar-refractivity contribution in [3.63, 3.8) is 0 Å². The molecular weight excluding hydrogens is 304 g/mol. The number of amides is 1. The number of aromatic nitrogens is 2. The zero-order valence-electron chi connectivity index (χ0n) is 11.1. The summed E-state index contributed by atoms with van der Waals surface area (Å²) in [5.74, 6) is -3.01. The summed E-state index contributed by atoms with van der Waals surface area (Å²) in [6.07, 6.45) is 1.30. The molecule has 1 aromatic carbocycles. The van der Waals surface area contributed by atoms with Crippen molar-refractivity contribution >= 4 is 15.9 Å². The van der Waals surface area contributed by atoms with Gasteiger partial charge < -0.3 is 0 Å². The highest BCUT2D eigenvalue weighted by Gasteiger charge is 2.25. The Morgan fingerprint density at radius 1 is 1.29 bits per heavy atom. The van der Waals surface area contributed by atoms with Crippen LogP contribution in [-0.2, 0) is 17.1 Å². The molecule has 0 saturated heterocycles. The van der Waals surface area contributed by atoms with E-state index in [1.807, 2.05) is 0 Å². The Hall–Kier alpha value is -2.29. The number of carbonyl (C=O) groups excluding carboxylic acids is 1. The number of aryl methyl sites for hydroxylation is 2. The van der Waals surface area contributed by atoms with Crippen molar-refractivity contribution in [1.82, 2.24) is 14.5 Å². The highest BCUT2D eigenvalue weighted by Crippen LogP contribution is 2.19. The minimum atomic E-state index is -4.53. The van der Waals surface area contributed by atoms with E-state index in [-0.39, 0.29) is 11.3 Å². The molecule has 0 fully saturated rings. The van der Waals surface area contributed by atoms with Crippen LogP contribution >= 0.6 is 0 Å². The van der Waals surface area contributed by atoms with Gasteiger partial charge in [-0.1, -0.05) is 0 Å². The van der Waals surface area contributed by atoms with E-state index in [0.717, 1.165) is 10.7 Å². The van der Waals surface area contributed by atoms with Gasteiger partial charge in [0, 0.05) is 13.2 Å². The Morgan fingerprint density at radius 3 is 2.52 bits per heavy atom. The lowest BCUT2D eigenvalue weighted by Crippen LogP contribution is -2.32. The molecule has 1 heterocycles. The number of benzene rings is 1. The van der Waals surface area contributed by atoms with Gasteiger partial charge in [0.15, 0.2) is 0 Å². The Labute approximate surface area is 119 Å². The highest BCUT2D eigenvalue weighted by molar-refractivity contribution is 7.90. The number of sulfonamides is 1. The van der Waals surface area contributed by atoms with Crippen LogP contribution in [0, 0.1) is 18.6 Å². The summed E-state index contributed by atoms with van der Waals surface area (Å²) in [6.45, 7) is 1.29. The van der Waals surface area contributed by atoms with Gasteiger partial charge in [-0.25, -0.2) is 21.9 Å². The second-order valence-corrected chi connectivity index (χ2v) is 5.96. The van der Waals surface area contributed by atoms with Crippen LogP contribution in [-0.4, -0.2) is 24.1 Å². The van der Waals surface area contributed by atoms with Crippen LogP contribution < -0.4 is 4.72 Å². The molecule has 2 aromatic rings. The predicted molar refractivity (Wildman–Crippen MR) is 69.0 cm³/mol. The fourth-order valence-corrected chi connectivity index (χ4v) is 2.69. The minimum Gasteiger partial charge on any atom is -0.266 e. The average Bonchev–Trinajstić information content (AvgIpc) is 2.79. The average molecular weight is 315 g/mol. The van der Waals surface area contributed by atoms with Gasteiger partial charge in [-0.05, 0) is 30.7 Å². The molecule has 112 valence electrons. The quantitative estimate of drug-likeness (QED) is 0.920. The van der Waals surface area contributed by atoms with Gasteiger partial charge in [-0.15, -0.1) is 0 Å². The number of halogens is 2. The molecule has 0 saturated carbocycles. The second-order valence-electron chi connectivity index (χ2n) is 4.31. The zero-order valence-corrected chi connectivity index (χ0v) is 11.9. The second kappa shape index (κ2) is 5.24. The van der Waals surface area contributed by atoms with E-state index in [0.29, 0.717) is 6.07 Å². The first-order valence-electron chi connectivity index (χ1n) is 5.73. The van der Waals surface area contributed by atoms with Crippen molar-refractivity contribution < 1.29 is 22.0 Å². The predicted octanol–water partition coefficient (Wildman–Crippen LogP) is 1.13. The highest BCUT2D eigenvalue weighted by atomic mass is 32.2. The number of hydrogen-bond acceptors (Lipinski definition) is 4. The molecule has 0 aliphatic carbocycles. The lowest BCUT2D eigenvalue weighted by molar-refractivity contribution is 0.0972. The van der Waals surface area contributed by atoms with E-state index < -0.39 is 32.5 Å². The Bertz CT molecular complexity index is 815. The Morgan fingerprint density at radius 2 is 1.95 bits per heavy atom. The summed E-state index contributed by atoms with van der Waals surface area (Å²) in [5, 5.41) is 3.71. The summed E-state index contributed by atoms with van der Waals surface area (Å²) in [5.41, 5.74) is -0.0732. The number of nitrogens with one attached hydrogen (secondary N) is 1. The van der Waals surface area contributed by atoms with Gasteiger partial charge in [0.05, 0.1) is 0 Å². The van der Waals surface area contributed by atoms with Gasteiger partial charge in [-0.2, -0.15) is 5.10 Å².